The molecule has 8 heteroatoms. The van der Waals surface area contributed by atoms with E-state index in [0.717, 1.165) is 51.2 Å². The highest BCUT2D eigenvalue weighted by molar-refractivity contribution is 9.10. The zero-order chi connectivity index (χ0) is 25.8. The number of rotatable bonds is 9. The van der Waals surface area contributed by atoms with Crippen molar-refractivity contribution >= 4 is 67.4 Å². The van der Waals surface area contributed by atoms with Gasteiger partial charge in [0.05, 0.1) is 16.5 Å². The summed E-state index contributed by atoms with van der Waals surface area (Å²) in [5, 5.41) is 1.38. The lowest BCUT2D eigenvalue weighted by Gasteiger charge is -2.12. The number of aryl methyl sites for hydroxylation is 1. The molecule has 1 aliphatic rings. The number of fused-ring (bicyclic) bond motifs is 1. The molecule has 2 amide bonds. The number of aromatic nitrogens is 1. The first-order valence-corrected chi connectivity index (χ1v) is 13.9. The van der Waals surface area contributed by atoms with Gasteiger partial charge in [0.25, 0.3) is 11.1 Å². The van der Waals surface area contributed by atoms with Crippen molar-refractivity contribution in [3.63, 3.8) is 0 Å². The van der Waals surface area contributed by atoms with E-state index in [4.69, 9.17) is 16.3 Å². The highest BCUT2D eigenvalue weighted by atomic mass is 79.9. The van der Waals surface area contributed by atoms with Gasteiger partial charge in [-0.2, -0.15) is 0 Å². The van der Waals surface area contributed by atoms with Crippen LogP contribution in [-0.2, 0) is 17.8 Å². The highest BCUT2D eigenvalue weighted by Crippen LogP contribution is 2.35. The van der Waals surface area contributed by atoms with Crippen molar-refractivity contribution in [3.05, 3.63) is 105 Å². The van der Waals surface area contributed by atoms with Crippen LogP contribution in [0.3, 0.4) is 0 Å². The molecule has 3 aromatic carbocycles. The van der Waals surface area contributed by atoms with Crippen molar-refractivity contribution in [2.24, 2.45) is 0 Å². The summed E-state index contributed by atoms with van der Waals surface area (Å²) >= 11 is 10.7. The Balaban J connectivity index is 1.31. The number of halogens is 2. The van der Waals surface area contributed by atoms with E-state index in [9.17, 15) is 9.59 Å². The van der Waals surface area contributed by atoms with Crippen molar-refractivity contribution < 1.29 is 14.3 Å². The van der Waals surface area contributed by atoms with Crippen molar-refractivity contribution in [1.29, 1.82) is 0 Å². The topological polar surface area (TPSA) is 51.5 Å². The summed E-state index contributed by atoms with van der Waals surface area (Å²) in [4.78, 5) is 27.5. The molecule has 1 aliphatic heterocycles. The summed E-state index contributed by atoms with van der Waals surface area (Å²) in [5.41, 5.74) is 3.05. The smallest absolute Gasteiger partial charge is 0.293 e. The van der Waals surface area contributed by atoms with Crippen LogP contribution in [-0.4, -0.2) is 33.8 Å². The van der Waals surface area contributed by atoms with Crippen LogP contribution in [0.15, 0.2) is 88.4 Å². The summed E-state index contributed by atoms with van der Waals surface area (Å²) < 4.78 is 8.95. The van der Waals surface area contributed by atoms with Crippen molar-refractivity contribution in [2.45, 2.75) is 19.4 Å². The first kappa shape index (κ1) is 25.6. The first-order valence-electron chi connectivity index (χ1n) is 11.9. The summed E-state index contributed by atoms with van der Waals surface area (Å²) in [6.45, 7) is 1.62. The standard InChI is InChI=1S/C29H24BrClN2O3S/c30-22-11-12-25-23(18-22)21(19-32(25)14-6-16-36-26-10-5-4-9-24(26)31)17-27-28(34)33(29(35)37-27)15-13-20-7-2-1-3-8-20/h1-5,7-12,17-19H,6,13-16H2/b27-17-. The Morgan fingerprint density at radius 2 is 1.76 bits per heavy atom. The van der Waals surface area contributed by atoms with Crippen LogP contribution in [0, 0.1) is 0 Å². The SMILES string of the molecule is O=C1S/C(=C\c2cn(CCCOc3ccccc3Cl)c3ccc(Br)cc23)C(=O)N1CCc1ccccc1. The quantitative estimate of drug-likeness (QED) is 0.146. The molecule has 0 aliphatic carbocycles. The molecule has 188 valence electrons. The van der Waals surface area contributed by atoms with Crippen LogP contribution < -0.4 is 4.74 Å². The Bertz CT molecular complexity index is 1490. The van der Waals surface area contributed by atoms with E-state index in [0.29, 0.717) is 35.2 Å². The first-order chi connectivity index (χ1) is 18.0. The molecule has 1 fully saturated rings. The van der Waals surface area contributed by atoms with E-state index in [1.165, 1.54) is 4.90 Å². The Kier molecular flexibility index (Phi) is 8.03. The van der Waals surface area contributed by atoms with Crippen LogP contribution in [0.4, 0.5) is 4.79 Å². The van der Waals surface area contributed by atoms with Crippen LogP contribution in [0.2, 0.25) is 5.02 Å². The van der Waals surface area contributed by atoms with Crippen LogP contribution in [0.25, 0.3) is 17.0 Å². The molecule has 1 saturated heterocycles. The summed E-state index contributed by atoms with van der Waals surface area (Å²) in [6.07, 6.45) is 5.28. The van der Waals surface area contributed by atoms with Gasteiger partial charge < -0.3 is 9.30 Å². The molecule has 0 radical (unpaired) electrons. The minimum absolute atomic E-state index is 0.228. The number of carbonyl (C=O) groups excluding carboxylic acids is 2. The molecule has 0 spiro atoms. The molecular weight excluding hydrogens is 572 g/mol. The molecular formula is C29H24BrClN2O3S. The van der Waals surface area contributed by atoms with Gasteiger partial charge in [-0.3, -0.25) is 14.5 Å². The van der Waals surface area contributed by atoms with Gasteiger partial charge in [0, 0.05) is 40.2 Å². The van der Waals surface area contributed by atoms with Gasteiger partial charge in [-0.1, -0.05) is 70.0 Å². The lowest BCUT2D eigenvalue weighted by Crippen LogP contribution is -2.30. The van der Waals surface area contributed by atoms with Gasteiger partial charge in [-0.15, -0.1) is 0 Å². The average Bonchev–Trinajstić information content (AvgIpc) is 3.37. The maximum Gasteiger partial charge on any atom is 0.293 e. The Morgan fingerprint density at radius 3 is 2.57 bits per heavy atom. The number of benzene rings is 3. The predicted molar refractivity (Wildman–Crippen MR) is 154 cm³/mol. The normalized spacial score (nSPS) is 14.8. The molecule has 0 atom stereocenters. The number of amides is 2. The molecule has 0 N–H and O–H groups in total. The van der Waals surface area contributed by atoms with Gasteiger partial charge in [0.2, 0.25) is 0 Å². The number of hydrogen-bond acceptors (Lipinski definition) is 4. The van der Waals surface area contributed by atoms with Gasteiger partial charge in [0.1, 0.15) is 5.75 Å². The second-order valence-electron chi connectivity index (χ2n) is 8.64. The minimum Gasteiger partial charge on any atom is -0.492 e. The zero-order valence-corrected chi connectivity index (χ0v) is 23.1. The number of hydrogen-bond donors (Lipinski definition) is 0. The second-order valence-corrected chi connectivity index (χ2v) is 11.0. The van der Waals surface area contributed by atoms with E-state index in [1.807, 2.05) is 79.0 Å². The fourth-order valence-electron chi connectivity index (χ4n) is 4.30. The lowest BCUT2D eigenvalue weighted by molar-refractivity contribution is -0.122. The minimum atomic E-state index is -0.241. The summed E-state index contributed by atoms with van der Waals surface area (Å²) in [5.74, 6) is 0.434. The number of para-hydroxylation sites is 1. The fraction of sp³-hybridized carbons (Fsp3) is 0.172. The van der Waals surface area contributed by atoms with Crippen molar-refractivity contribution in [2.75, 3.05) is 13.2 Å². The van der Waals surface area contributed by atoms with E-state index in [2.05, 4.69) is 26.6 Å². The maximum absolute atomic E-state index is 13.1. The Morgan fingerprint density at radius 1 is 0.973 bits per heavy atom. The van der Waals surface area contributed by atoms with Gasteiger partial charge in [-0.05, 0) is 66.6 Å². The third-order valence-electron chi connectivity index (χ3n) is 6.14. The fourth-order valence-corrected chi connectivity index (χ4v) is 5.70. The molecule has 37 heavy (non-hydrogen) atoms. The number of imide groups is 1. The number of carbonyl (C=O) groups is 2. The second kappa shape index (κ2) is 11.6. The monoisotopic (exact) mass is 594 g/mol. The Hall–Kier alpha value is -3.00. The largest absolute Gasteiger partial charge is 0.492 e. The average molecular weight is 596 g/mol. The van der Waals surface area contributed by atoms with Gasteiger partial charge >= 0.3 is 0 Å². The van der Waals surface area contributed by atoms with E-state index in [1.54, 1.807) is 0 Å². The molecule has 5 rings (SSSR count). The molecule has 0 unspecified atom stereocenters. The molecule has 1 aromatic heterocycles. The van der Waals surface area contributed by atoms with Crippen LogP contribution in [0.5, 0.6) is 5.75 Å². The van der Waals surface area contributed by atoms with Gasteiger partial charge in [-0.25, -0.2) is 0 Å². The maximum atomic E-state index is 13.1. The van der Waals surface area contributed by atoms with E-state index in [-0.39, 0.29) is 11.1 Å². The third kappa shape index (κ3) is 5.95. The highest BCUT2D eigenvalue weighted by Gasteiger charge is 2.34. The zero-order valence-electron chi connectivity index (χ0n) is 19.9. The molecule has 0 saturated carbocycles. The molecule has 5 nitrogen and oxygen atoms in total. The Labute approximate surface area is 233 Å². The third-order valence-corrected chi connectivity index (χ3v) is 7.85. The lowest BCUT2D eigenvalue weighted by atomic mass is 10.1. The summed E-state index contributed by atoms with van der Waals surface area (Å²) in [6, 6.07) is 23.4. The molecule has 4 aromatic rings. The van der Waals surface area contributed by atoms with Gasteiger partial charge in [0.15, 0.2) is 0 Å². The molecule has 2 heterocycles. The van der Waals surface area contributed by atoms with Crippen LogP contribution >= 0.6 is 39.3 Å². The number of ether oxygens (including phenoxy) is 1. The van der Waals surface area contributed by atoms with Crippen molar-refractivity contribution in [3.8, 4) is 5.75 Å². The number of nitrogens with zero attached hydrogens (tertiary/aromatic N) is 2. The van der Waals surface area contributed by atoms with E-state index >= 15 is 0 Å². The van der Waals surface area contributed by atoms with Crippen LogP contribution in [0.1, 0.15) is 17.5 Å². The van der Waals surface area contributed by atoms with E-state index < -0.39 is 0 Å². The van der Waals surface area contributed by atoms with Crippen molar-refractivity contribution in [1.82, 2.24) is 9.47 Å². The number of thioether (sulfide) groups is 1. The summed E-state index contributed by atoms with van der Waals surface area (Å²) in [7, 11) is 0. The molecule has 0 bridgehead atoms. The predicted octanol–water partition coefficient (Wildman–Crippen LogP) is 7.81.